The molecule has 0 N–H and O–H groups in total. The van der Waals surface area contributed by atoms with Crippen molar-refractivity contribution in [3.05, 3.63) is 35.1 Å². The van der Waals surface area contributed by atoms with E-state index in [-0.39, 0.29) is 17.8 Å². The zero-order valence-corrected chi connectivity index (χ0v) is 12.0. The molecule has 1 amide bonds. The highest BCUT2D eigenvalue weighted by molar-refractivity contribution is 6.18. The molecular weight excluding hydrogens is 310 g/mol. The average molecular weight is 324 g/mol. The molecule has 1 heterocycles. The van der Waals surface area contributed by atoms with Gasteiger partial charge in [0.2, 0.25) is 0 Å². The fraction of sp³-hybridized carbons (Fsp3) is 0.500. The van der Waals surface area contributed by atoms with E-state index >= 15 is 0 Å². The lowest BCUT2D eigenvalue weighted by Gasteiger charge is -2.25. The van der Waals surface area contributed by atoms with Crippen LogP contribution in [0.4, 0.5) is 17.6 Å². The number of halogens is 5. The Labute approximate surface area is 124 Å². The van der Waals surface area contributed by atoms with Crippen LogP contribution < -0.4 is 0 Å². The lowest BCUT2D eigenvalue weighted by atomic mass is 10.0. The van der Waals surface area contributed by atoms with Crippen LogP contribution >= 0.6 is 11.6 Å². The fourth-order valence-corrected chi connectivity index (χ4v) is 3.04. The molecule has 2 atom stereocenters. The van der Waals surface area contributed by atoms with E-state index in [4.69, 9.17) is 11.6 Å². The number of hydrogen-bond acceptors (Lipinski definition) is 1. The maximum atomic E-state index is 14.0. The van der Waals surface area contributed by atoms with Gasteiger partial charge in [0.05, 0.1) is 11.1 Å². The lowest BCUT2D eigenvalue weighted by Crippen LogP contribution is -2.39. The minimum atomic E-state index is -4.83. The normalized spacial score (nSPS) is 22.7. The summed E-state index contributed by atoms with van der Waals surface area (Å²) in [5.41, 5.74) is -1.99. The van der Waals surface area contributed by atoms with Crippen molar-refractivity contribution in [2.75, 3.05) is 12.4 Å². The zero-order valence-electron chi connectivity index (χ0n) is 11.3. The molecule has 1 aromatic carbocycles. The molecule has 1 aliphatic heterocycles. The molecule has 1 aliphatic rings. The summed E-state index contributed by atoms with van der Waals surface area (Å²) in [6.45, 7) is 2.27. The van der Waals surface area contributed by atoms with Crippen LogP contribution in [0.15, 0.2) is 18.2 Å². The Morgan fingerprint density at radius 2 is 2.10 bits per heavy atom. The number of nitrogens with zero attached hydrogens (tertiary/aromatic N) is 1. The minimum Gasteiger partial charge on any atom is -0.334 e. The van der Waals surface area contributed by atoms with E-state index in [0.29, 0.717) is 19.0 Å². The third-order valence-corrected chi connectivity index (χ3v) is 4.15. The number of rotatable bonds is 2. The molecule has 2 unspecified atom stereocenters. The van der Waals surface area contributed by atoms with Gasteiger partial charge in [-0.25, -0.2) is 4.39 Å². The molecule has 1 saturated heterocycles. The quantitative estimate of drug-likeness (QED) is 0.596. The van der Waals surface area contributed by atoms with Crippen LogP contribution in [0.5, 0.6) is 0 Å². The van der Waals surface area contributed by atoms with Gasteiger partial charge in [-0.05, 0) is 24.5 Å². The maximum absolute atomic E-state index is 14.0. The number of carbonyl (C=O) groups is 1. The van der Waals surface area contributed by atoms with Crippen molar-refractivity contribution in [2.24, 2.45) is 5.92 Å². The molecule has 0 saturated carbocycles. The van der Waals surface area contributed by atoms with Gasteiger partial charge in [-0.2, -0.15) is 13.2 Å². The summed E-state index contributed by atoms with van der Waals surface area (Å²) in [6, 6.07) is 2.45. The fourth-order valence-electron chi connectivity index (χ4n) is 2.57. The largest absolute Gasteiger partial charge is 0.419 e. The lowest BCUT2D eigenvalue weighted by molar-refractivity contribution is -0.140. The Kier molecular flexibility index (Phi) is 4.46. The highest BCUT2D eigenvalue weighted by Gasteiger charge is 2.39. The van der Waals surface area contributed by atoms with E-state index in [2.05, 4.69) is 0 Å². The Morgan fingerprint density at radius 1 is 1.43 bits per heavy atom. The first kappa shape index (κ1) is 16.1. The summed E-state index contributed by atoms with van der Waals surface area (Å²) in [6.07, 6.45) is -4.13. The summed E-state index contributed by atoms with van der Waals surface area (Å²) < 4.78 is 52.1. The van der Waals surface area contributed by atoms with Crippen molar-refractivity contribution >= 4 is 17.5 Å². The minimum absolute atomic E-state index is 0.139. The van der Waals surface area contributed by atoms with Crippen LogP contribution in [-0.4, -0.2) is 29.3 Å². The number of carbonyl (C=O) groups excluding carboxylic acids is 1. The molecule has 21 heavy (non-hydrogen) atoms. The summed E-state index contributed by atoms with van der Waals surface area (Å²) in [5, 5.41) is 0. The van der Waals surface area contributed by atoms with Crippen LogP contribution in [0, 0.1) is 11.7 Å². The third kappa shape index (κ3) is 3.00. The molecule has 1 fully saturated rings. The van der Waals surface area contributed by atoms with Crippen LogP contribution in [-0.2, 0) is 6.18 Å². The predicted molar refractivity (Wildman–Crippen MR) is 70.7 cm³/mol. The standard InChI is InChI=1S/C14H14ClF4NO/c1-8-5-6-20(11(8)7-15)13(21)9-3-2-4-10(12(9)16)14(17,18)19/h2-4,8,11H,5-7H2,1H3. The Hall–Kier alpha value is -1.30. The molecule has 0 aliphatic carbocycles. The third-order valence-electron chi connectivity index (χ3n) is 3.84. The first-order valence-corrected chi connectivity index (χ1v) is 7.03. The molecule has 2 nitrogen and oxygen atoms in total. The highest BCUT2D eigenvalue weighted by atomic mass is 35.5. The van der Waals surface area contributed by atoms with Crippen molar-refractivity contribution in [3.8, 4) is 0 Å². The van der Waals surface area contributed by atoms with Gasteiger partial charge in [-0.15, -0.1) is 11.6 Å². The predicted octanol–water partition coefficient (Wildman–Crippen LogP) is 3.93. The van der Waals surface area contributed by atoms with Crippen LogP contribution in [0.3, 0.4) is 0 Å². The number of benzene rings is 1. The number of amides is 1. The number of likely N-dealkylation sites (tertiary alicyclic amines) is 1. The topological polar surface area (TPSA) is 20.3 Å². The first-order chi connectivity index (χ1) is 9.77. The molecule has 0 radical (unpaired) electrons. The molecule has 0 spiro atoms. The van der Waals surface area contributed by atoms with Gasteiger partial charge >= 0.3 is 6.18 Å². The summed E-state index contributed by atoms with van der Waals surface area (Å²) in [4.78, 5) is 13.7. The summed E-state index contributed by atoms with van der Waals surface area (Å²) >= 11 is 5.80. The summed E-state index contributed by atoms with van der Waals surface area (Å²) in [7, 11) is 0. The van der Waals surface area contributed by atoms with Crippen molar-refractivity contribution in [2.45, 2.75) is 25.6 Å². The van der Waals surface area contributed by atoms with Crippen molar-refractivity contribution < 1.29 is 22.4 Å². The number of alkyl halides is 4. The zero-order chi connectivity index (χ0) is 15.8. The maximum Gasteiger partial charge on any atom is 0.419 e. The van der Waals surface area contributed by atoms with Gasteiger partial charge in [-0.1, -0.05) is 13.0 Å². The van der Waals surface area contributed by atoms with E-state index in [9.17, 15) is 22.4 Å². The Bertz CT molecular complexity index is 546. The van der Waals surface area contributed by atoms with Gasteiger partial charge in [-0.3, -0.25) is 4.79 Å². The second-order valence-electron chi connectivity index (χ2n) is 5.15. The smallest absolute Gasteiger partial charge is 0.334 e. The number of hydrogen-bond donors (Lipinski definition) is 0. The van der Waals surface area contributed by atoms with Crippen molar-refractivity contribution in [1.29, 1.82) is 0 Å². The van der Waals surface area contributed by atoms with Gasteiger partial charge < -0.3 is 4.90 Å². The average Bonchev–Trinajstić information content (AvgIpc) is 2.78. The highest BCUT2D eigenvalue weighted by Crippen LogP contribution is 2.34. The van der Waals surface area contributed by atoms with Gasteiger partial charge in [0.25, 0.3) is 5.91 Å². The van der Waals surface area contributed by atoms with Crippen molar-refractivity contribution in [1.82, 2.24) is 4.90 Å². The molecular formula is C14H14ClF4NO. The van der Waals surface area contributed by atoms with Gasteiger partial charge in [0.15, 0.2) is 0 Å². The molecule has 0 bridgehead atoms. The Morgan fingerprint density at radius 3 is 2.67 bits per heavy atom. The monoisotopic (exact) mass is 323 g/mol. The van der Waals surface area contributed by atoms with E-state index in [1.165, 1.54) is 4.90 Å². The molecule has 116 valence electrons. The van der Waals surface area contributed by atoms with Gasteiger partial charge in [0, 0.05) is 18.5 Å². The molecule has 2 rings (SSSR count). The summed E-state index contributed by atoms with van der Waals surface area (Å²) in [5.74, 6) is -1.95. The van der Waals surface area contributed by atoms with Crippen LogP contribution in [0.25, 0.3) is 0 Å². The first-order valence-electron chi connectivity index (χ1n) is 6.50. The van der Waals surface area contributed by atoms with E-state index in [1.807, 2.05) is 6.92 Å². The molecule has 7 heteroatoms. The van der Waals surface area contributed by atoms with E-state index in [0.717, 1.165) is 12.1 Å². The SMILES string of the molecule is CC1CCN(C(=O)c2cccc(C(F)(F)F)c2F)C1CCl. The Balaban J connectivity index is 2.37. The van der Waals surface area contributed by atoms with Crippen LogP contribution in [0.1, 0.15) is 29.3 Å². The second-order valence-corrected chi connectivity index (χ2v) is 5.46. The van der Waals surface area contributed by atoms with Crippen LogP contribution in [0.2, 0.25) is 0 Å². The van der Waals surface area contributed by atoms with Crippen molar-refractivity contribution in [3.63, 3.8) is 0 Å². The molecule has 1 aromatic rings. The molecule has 0 aromatic heterocycles. The van der Waals surface area contributed by atoms with Gasteiger partial charge in [0.1, 0.15) is 5.82 Å². The van der Waals surface area contributed by atoms with E-state index in [1.54, 1.807) is 0 Å². The second kappa shape index (κ2) is 5.83. The van der Waals surface area contributed by atoms with E-state index < -0.39 is 29.0 Å².